The van der Waals surface area contributed by atoms with Crippen LogP contribution in [0.2, 0.25) is 0 Å². The Labute approximate surface area is 116 Å². The fourth-order valence-corrected chi connectivity index (χ4v) is 2.20. The Kier molecular flexibility index (Phi) is 4.92. The molecule has 1 aromatic carbocycles. The lowest BCUT2D eigenvalue weighted by atomic mass is 10.3. The van der Waals surface area contributed by atoms with E-state index in [1.807, 2.05) is 37.3 Å². The second kappa shape index (κ2) is 6.89. The Hall–Kier alpha value is -1.88. The van der Waals surface area contributed by atoms with Crippen LogP contribution in [0.3, 0.4) is 0 Å². The van der Waals surface area contributed by atoms with Gasteiger partial charge in [-0.25, -0.2) is 4.98 Å². The maximum Gasteiger partial charge on any atom is 0.280 e. The Morgan fingerprint density at radius 3 is 2.84 bits per heavy atom. The molecule has 0 bridgehead atoms. The van der Waals surface area contributed by atoms with Gasteiger partial charge in [0.25, 0.3) is 5.91 Å². The first kappa shape index (κ1) is 13.5. The highest BCUT2D eigenvalue weighted by Crippen LogP contribution is 2.10. The first-order chi connectivity index (χ1) is 9.25. The van der Waals surface area contributed by atoms with E-state index < -0.39 is 0 Å². The average Bonchev–Trinajstić information content (AvgIpc) is 2.86. The van der Waals surface area contributed by atoms with Crippen LogP contribution in [0.4, 0.5) is 0 Å². The van der Waals surface area contributed by atoms with Gasteiger partial charge >= 0.3 is 0 Å². The third kappa shape index (κ3) is 4.37. The number of thiazole rings is 1. The highest BCUT2D eigenvalue weighted by Gasteiger charge is 2.08. The van der Waals surface area contributed by atoms with Gasteiger partial charge in [0.05, 0.1) is 6.61 Å². The van der Waals surface area contributed by atoms with Crippen molar-refractivity contribution >= 4 is 17.2 Å². The molecule has 100 valence electrons. The number of ether oxygens (including phenoxy) is 1. The molecule has 1 N–H and O–H groups in total. The lowest BCUT2D eigenvalue weighted by Gasteiger charge is -2.06. The number of nitrogens with zero attached hydrogens (tertiary/aromatic N) is 1. The van der Waals surface area contributed by atoms with Crippen LogP contribution in [0.15, 0.2) is 36.5 Å². The minimum atomic E-state index is -0.113. The standard InChI is InChI=1S/C14H16N2O2S/c1-11-10-16-14(19-11)13(17)15-8-5-9-18-12-6-3-2-4-7-12/h2-4,6-7,10H,5,8-9H2,1H3,(H,15,17). The molecular formula is C14H16N2O2S. The van der Waals surface area contributed by atoms with E-state index in [9.17, 15) is 4.79 Å². The zero-order valence-corrected chi connectivity index (χ0v) is 11.6. The molecule has 0 atom stereocenters. The number of hydrogen-bond donors (Lipinski definition) is 1. The number of amides is 1. The van der Waals surface area contributed by atoms with Crippen molar-refractivity contribution in [2.75, 3.05) is 13.2 Å². The number of nitrogens with one attached hydrogen (secondary N) is 1. The van der Waals surface area contributed by atoms with Crippen molar-refractivity contribution in [2.45, 2.75) is 13.3 Å². The van der Waals surface area contributed by atoms with Gasteiger partial charge in [0.2, 0.25) is 0 Å². The summed E-state index contributed by atoms with van der Waals surface area (Å²) in [7, 11) is 0. The lowest BCUT2D eigenvalue weighted by molar-refractivity contribution is 0.0951. The summed E-state index contributed by atoms with van der Waals surface area (Å²) in [6.07, 6.45) is 2.48. The van der Waals surface area contributed by atoms with Gasteiger partial charge in [0.15, 0.2) is 5.01 Å². The van der Waals surface area contributed by atoms with Crippen LogP contribution < -0.4 is 10.1 Å². The summed E-state index contributed by atoms with van der Waals surface area (Å²) in [6.45, 7) is 3.10. The van der Waals surface area contributed by atoms with Crippen molar-refractivity contribution in [3.8, 4) is 5.75 Å². The molecule has 0 unspecified atom stereocenters. The SMILES string of the molecule is Cc1cnc(C(=O)NCCCOc2ccccc2)s1. The van der Waals surface area contributed by atoms with Crippen LogP contribution in [-0.2, 0) is 0 Å². The number of aromatic nitrogens is 1. The molecule has 0 saturated carbocycles. The van der Waals surface area contributed by atoms with E-state index >= 15 is 0 Å². The minimum absolute atomic E-state index is 0.113. The molecule has 1 amide bonds. The van der Waals surface area contributed by atoms with Gasteiger partial charge in [0.1, 0.15) is 5.75 Å². The number of benzene rings is 1. The fraction of sp³-hybridized carbons (Fsp3) is 0.286. The summed E-state index contributed by atoms with van der Waals surface area (Å²) >= 11 is 1.40. The first-order valence-electron chi connectivity index (χ1n) is 6.14. The maximum atomic E-state index is 11.7. The van der Waals surface area contributed by atoms with Gasteiger partial charge in [-0.15, -0.1) is 11.3 Å². The van der Waals surface area contributed by atoms with Crippen molar-refractivity contribution in [3.63, 3.8) is 0 Å². The van der Waals surface area contributed by atoms with Gasteiger partial charge in [0, 0.05) is 17.6 Å². The van der Waals surface area contributed by atoms with Crippen molar-refractivity contribution in [2.24, 2.45) is 0 Å². The van der Waals surface area contributed by atoms with E-state index in [1.54, 1.807) is 6.20 Å². The van der Waals surface area contributed by atoms with E-state index in [2.05, 4.69) is 10.3 Å². The van der Waals surface area contributed by atoms with Crippen molar-refractivity contribution in [1.29, 1.82) is 0 Å². The van der Waals surface area contributed by atoms with Crippen molar-refractivity contribution < 1.29 is 9.53 Å². The van der Waals surface area contributed by atoms with Crippen LogP contribution in [0.25, 0.3) is 0 Å². The molecule has 0 saturated heterocycles. The zero-order chi connectivity index (χ0) is 13.5. The summed E-state index contributed by atoms with van der Waals surface area (Å²) in [5.41, 5.74) is 0. The highest BCUT2D eigenvalue weighted by atomic mass is 32.1. The maximum absolute atomic E-state index is 11.7. The molecule has 1 heterocycles. The van der Waals surface area contributed by atoms with Crippen LogP contribution in [-0.4, -0.2) is 24.0 Å². The number of hydrogen-bond acceptors (Lipinski definition) is 4. The van der Waals surface area contributed by atoms with Gasteiger partial charge in [-0.3, -0.25) is 4.79 Å². The summed E-state index contributed by atoms with van der Waals surface area (Å²) in [5.74, 6) is 0.738. The van der Waals surface area contributed by atoms with Crippen LogP contribution in [0, 0.1) is 6.92 Å². The molecule has 0 radical (unpaired) electrons. The van der Waals surface area contributed by atoms with Crippen LogP contribution >= 0.6 is 11.3 Å². The summed E-state index contributed by atoms with van der Waals surface area (Å²) in [5, 5.41) is 3.34. The molecule has 0 aliphatic carbocycles. The lowest BCUT2D eigenvalue weighted by Crippen LogP contribution is -2.25. The fourth-order valence-electron chi connectivity index (χ4n) is 1.52. The third-order valence-electron chi connectivity index (χ3n) is 2.43. The summed E-state index contributed by atoms with van der Waals surface area (Å²) in [4.78, 5) is 16.8. The summed E-state index contributed by atoms with van der Waals surface area (Å²) < 4.78 is 5.53. The minimum Gasteiger partial charge on any atom is -0.494 e. The largest absolute Gasteiger partial charge is 0.494 e. The van der Waals surface area contributed by atoms with Gasteiger partial charge in [-0.05, 0) is 25.5 Å². The Bertz CT molecular complexity index is 525. The molecule has 0 aliphatic heterocycles. The molecule has 2 aromatic rings. The van der Waals surface area contributed by atoms with E-state index in [-0.39, 0.29) is 5.91 Å². The molecule has 2 rings (SSSR count). The molecular weight excluding hydrogens is 260 g/mol. The molecule has 0 spiro atoms. The Morgan fingerprint density at radius 2 is 2.16 bits per heavy atom. The van der Waals surface area contributed by atoms with E-state index in [0.717, 1.165) is 17.0 Å². The predicted molar refractivity (Wildman–Crippen MR) is 75.7 cm³/mol. The van der Waals surface area contributed by atoms with Crippen molar-refractivity contribution in [3.05, 3.63) is 46.4 Å². The van der Waals surface area contributed by atoms with Crippen LogP contribution in [0.5, 0.6) is 5.75 Å². The van der Waals surface area contributed by atoms with E-state index in [4.69, 9.17) is 4.74 Å². The second-order valence-corrected chi connectivity index (χ2v) is 5.28. The molecule has 0 fully saturated rings. The average molecular weight is 276 g/mol. The quantitative estimate of drug-likeness (QED) is 0.825. The molecule has 19 heavy (non-hydrogen) atoms. The predicted octanol–water partition coefficient (Wildman–Crippen LogP) is 2.65. The molecule has 4 nitrogen and oxygen atoms in total. The smallest absolute Gasteiger partial charge is 0.280 e. The Morgan fingerprint density at radius 1 is 1.37 bits per heavy atom. The van der Waals surface area contributed by atoms with Gasteiger partial charge in [-0.2, -0.15) is 0 Å². The second-order valence-electron chi connectivity index (χ2n) is 4.05. The summed E-state index contributed by atoms with van der Waals surface area (Å²) in [6, 6.07) is 9.64. The number of rotatable bonds is 6. The topological polar surface area (TPSA) is 51.2 Å². The number of aryl methyl sites for hydroxylation is 1. The molecule has 0 aliphatic rings. The van der Waals surface area contributed by atoms with Gasteiger partial charge in [-0.1, -0.05) is 18.2 Å². The molecule has 1 aromatic heterocycles. The monoisotopic (exact) mass is 276 g/mol. The number of carbonyl (C=O) groups is 1. The zero-order valence-electron chi connectivity index (χ0n) is 10.8. The van der Waals surface area contributed by atoms with Crippen molar-refractivity contribution in [1.82, 2.24) is 10.3 Å². The third-order valence-corrected chi connectivity index (χ3v) is 3.35. The number of para-hydroxylation sites is 1. The number of carbonyl (C=O) groups excluding carboxylic acids is 1. The van der Waals surface area contributed by atoms with E-state index in [1.165, 1.54) is 11.3 Å². The van der Waals surface area contributed by atoms with Crippen LogP contribution in [0.1, 0.15) is 21.1 Å². The first-order valence-corrected chi connectivity index (χ1v) is 6.96. The highest BCUT2D eigenvalue weighted by molar-refractivity contribution is 7.13. The molecule has 5 heteroatoms. The normalized spacial score (nSPS) is 10.2. The van der Waals surface area contributed by atoms with Gasteiger partial charge < -0.3 is 10.1 Å². The Balaban J connectivity index is 1.63. The van der Waals surface area contributed by atoms with E-state index in [0.29, 0.717) is 18.2 Å².